The second-order valence-electron chi connectivity index (χ2n) is 7.56. The van der Waals surface area contributed by atoms with Crippen LogP contribution < -0.4 is 0 Å². The molecule has 0 bridgehead atoms. The van der Waals surface area contributed by atoms with Crippen molar-refractivity contribution in [2.45, 2.75) is 60.5 Å². The van der Waals surface area contributed by atoms with Gasteiger partial charge in [-0.3, -0.25) is 9.59 Å². The van der Waals surface area contributed by atoms with Crippen molar-refractivity contribution in [1.82, 2.24) is 0 Å². The normalized spacial score (nSPS) is 29.1. The van der Waals surface area contributed by atoms with Crippen molar-refractivity contribution in [3.63, 3.8) is 0 Å². The van der Waals surface area contributed by atoms with Crippen molar-refractivity contribution in [2.24, 2.45) is 17.3 Å². The number of hydrogen-bond donors (Lipinski definition) is 0. The Balaban J connectivity index is 2.06. The largest absolute Gasteiger partial charge is 0.457 e. The van der Waals surface area contributed by atoms with Crippen molar-refractivity contribution in [2.75, 3.05) is 0 Å². The Morgan fingerprint density at radius 3 is 2.57 bits per heavy atom. The van der Waals surface area contributed by atoms with E-state index in [1.165, 1.54) is 5.57 Å². The number of ether oxygens (including phenoxy) is 1. The summed E-state index contributed by atoms with van der Waals surface area (Å²) in [6.07, 6.45) is 6.61. The summed E-state index contributed by atoms with van der Waals surface area (Å²) >= 11 is 0. The maximum absolute atomic E-state index is 12.5. The fourth-order valence-electron chi connectivity index (χ4n) is 3.51. The number of carbonyl (C=O) groups excluding carboxylic acids is 2. The minimum absolute atomic E-state index is 0.0532. The molecule has 23 heavy (non-hydrogen) atoms. The summed E-state index contributed by atoms with van der Waals surface area (Å²) in [7, 11) is 0. The minimum atomic E-state index is -0.376. The zero-order chi connectivity index (χ0) is 17.4. The molecule has 0 saturated heterocycles. The molecule has 0 amide bonds. The third kappa shape index (κ3) is 3.49. The monoisotopic (exact) mass is 316 g/mol. The van der Waals surface area contributed by atoms with E-state index in [0.717, 1.165) is 11.1 Å². The highest BCUT2D eigenvalue weighted by Gasteiger charge is 2.61. The van der Waals surface area contributed by atoms with E-state index in [9.17, 15) is 9.59 Å². The molecule has 2 aliphatic carbocycles. The maximum atomic E-state index is 12.5. The summed E-state index contributed by atoms with van der Waals surface area (Å²) in [5.74, 6) is 0.0833. The number of Topliss-reactive ketones (excluding diaryl/α,β-unsaturated/α-hetero) is 1. The van der Waals surface area contributed by atoms with Gasteiger partial charge in [0.05, 0.1) is 12.3 Å². The van der Waals surface area contributed by atoms with E-state index >= 15 is 0 Å². The molecule has 2 rings (SSSR count). The molecular formula is C20H28O3. The molecule has 3 nitrogen and oxygen atoms in total. The van der Waals surface area contributed by atoms with E-state index in [2.05, 4.69) is 19.9 Å². The molecule has 126 valence electrons. The highest BCUT2D eigenvalue weighted by Crippen LogP contribution is 2.60. The van der Waals surface area contributed by atoms with Gasteiger partial charge in [-0.25, -0.2) is 0 Å². The summed E-state index contributed by atoms with van der Waals surface area (Å²) < 4.78 is 5.70. The van der Waals surface area contributed by atoms with Crippen molar-refractivity contribution in [1.29, 1.82) is 0 Å². The van der Waals surface area contributed by atoms with E-state index < -0.39 is 0 Å². The fraction of sp³-hybridized carbons (Fsp3) is 0.600. The highest BCUT2D eigenvalue weighted by molar-refractivity contribution is 6.00. The SMILES string of the molecule is C/C=C/CC1=C(C)[C@H](OC(=O)[C@H]2[C@H](C=C(C)C)C2(C)C)CC1=O. The number of ketones is 1. The van der Waals surface area contributed by atoms with E-state index in [4.69, 9.17) is 4.74 Å². The van der Waals surface area contributed by atoms with Gasteiger partial charge in [-0.1, -0.05) is 37.6 Å². The lowest BCUT2D eigenvalue weighted by molar-refractivity contribution is -0.150. The average molecular weight is 316 g/mol. The Morgan fingerprint density at radius 1 is 1.35 bits per heavy atom. The third-order valence-corrected chi connectivity index (χ3v) is 5.16. The number of allylic oxidation sites excluding steroid dienone is 5. The van der Waals surface area contributed by atoms with Gasteiger partial charge in [0.15, 0.2) is 5.78 Å². The Bertz CT molecular complexity index is 600. The zero-order valence-corrected chi connectivity index (χ0v) is 15.1. The summed E-state index contributed by atoms with van der Waals surface area (Å²) in [5.41, 5.74) is 2.89. The van der Waals surface area contributed by atoms with Gasteiger partial charge in [-0.05, 0) is 51.0 Å². The summed E-state index contributed by atoms with van der Waals surface area (Å²) in [6.45, 7) is 12.1. The van der Waals surface area contributed by atoms with Crippen LogP contribution in [0.2, 0.25) is 0 Å². The van der Waals surface area contributed by atoms with E-state index in [1.807, 2.05) is 39.8 Å². The molecule has 0 aromatic carbocycles. The van der Waals surface area contributed by atoms with Gasteiger partial charge >= 0.3 is 5.97 Å². The molecule has 3 heteroatoms. The van der Waals surface area contributed by atoms with Gasteiger partial charge in [-0.2, -0.15) is 0 Å². The Kier molecular flexibility index (Phi) is 4.98. The summed E-state index contributed by atoms with van der Waals surface area (Å²) in [4.78, 5) is 24.7. The van der Waals surface area contributed by atoms with Crippen molar-refractivity contribution in [3.05, 3.63) is 34.9 Å². The first-order valence-corrected chi connectivity index (χ1v) is 8.39. The van der Waals surface area contributed by atoms with Crippen molar-refractivity contribution in [3.8, 4) is 0 Å². The van der Waals surface area contributed by atoms with Gasteiger partial charge in [-0.15, -0.1) is 0 Å². The van der Waals surface area contributed by atoms with E-state index in [-0.39, 0.29) is 35.1 Å². The number of rotatable bonds is 5. The highest BCUT2D eigenvalue weighted by atomic mass is 16.5. The second kappa shape index (κ2) is 6.46. The van der Waals surface area contributed by atoms with Gasteiger partial charge in [0, 0.05) is 5.57 Å². The molecule has 1 saturated carbocycles. The lowest BCUT2D eigenvalue weighted by atomic mass is 10.1. The van der Waals surface area contributed by atoms with Crippen LogP contribution in [0.3, 0.4) is 0 Å². The minimum Gasteiger partial charge on any atom is -0.457 e. The summed E-state index contributed by atoms with van der Waals surface area (Å²) in [5, 5.41) is 0. The van der Waals surface area contributed by atoms with Crippen LogP contribution in [0.4, 0.5) is 0 Å². The van der Waals surface area contributed by atoms with Crippen LogP contribution in [0, 0.1) is 17.3 Å². The lowest BCUT2D eigenvalue weighted by Crippen LogP contribution is -2.20. The predicted molar refractivity (Wildman–Crippen MR) is 91.8 cm³/mol. The Morgan fingerprint density at radius 2 is 2.00 bits per heavy atom. The lowest BCUT2D eigenvalue weighted by Gasteiger charge is -2.13. The van der Waals surface area contributed by atoms with Gasteiger partial charge in [0.25, 0.3) is 0 Å². The van der Waals surface area contributed by atoms with Crippen LogP contribution in [0.15, 0.2) is 34.9 Å². The number of hydrogen-bond acceptors (Lipinski definition) is 3. The standard InChI is InChI=1S/C20H28O3/c1-7-8-9-14-13(4)17(11-16(14)21)23-19(22)18-15(10-12(2)3)20(18,5)6/h7-8,10,15,17-18H,9,11H2,1-6H3/b8-7+/t15-,17+,18+/m0/s1. The maximum Gasteiger partial charge on any atom is 0.310 e. The Labute approximate surface area is 139 Å². The molecule has 0 radical (unpaired) electrons. The molecule has 2 aliphatic rings. The molecule has 0 N–H and O–H groups in total. The predicted octanol–water partition coefficient (Wildman–Crippen LogP) is 4.39. The quantitative estimate of drug-likeness (QED) is 0.558. The van der Waals surface area contributed by atoms with Crippen LogP contribution in [-0.2, 0) is 14.3 Å². The molecule has 0 spiro atoms. The van der Waals surface area contributed by atoms with Gasteiger partial charge < -0.3 is 4.74 Å². The Hall–Kier alpha value is -1.64. The number of carbonyl (C=O) groups is 2. The first-order valence-electron chi connectivity index (χ1n) is 8.39. The second-order valence-corrected chi connectivity index (χ2v) is 7.56. The number of esters is 1. The fourth-order valence-corrected chi connectivity index (χ4v) is 3.51. The smallest absolute Gasteiger partial charge is 0.310 e. The zero-order valence-electron chi connectivity index (χ0n) is 15.1. The molecule has 0 aliphatic heterocycles. The van der Waals surface area contributed by atoms with Crippen LogP contribution in [0.25, 0.3) is 0 Å². The molecule has 1 fully saturated rings. The van der Waals surface area contributed by atoms with E-state index in [1.54, 1.807) is 0 Å². The molecule has 0 unspecified atom stereocenters. The molecule has 0 aromatic heterocycles. The van der Waals surface area contributed by atoms with Crippen LogP contribution >= 0.6 is 0 Å². The molecular weight excluding hydrogens is 288 g/mol. The van der Waals surface area contributed by atoms with Crippen LogP contribution in [-0.4, -0.2) is 17.9 Å². The van der Waals surface area contributed by atoms with Crippen LogP contribution in [0.5, 0.6) is 0 Å². The third-order valence-electron chi connectivity index (χ3n) is 5.16. The first kappa shape index (κ1) is 17.7. The topological polar surface area (TPSA) is 43.4 Å². The van der Waals surface area contributed by atoms with Crippen molar-refractivity contribution < 1.29 is 14.3 Å². The molecule has 0 heterocycles. The molecule has 0 aromatic rings. The van der Waals surface area contributed by atoms with Crippen LogP contribution in [0.1, 0.15) is 54.4 Å². The average Bonchev–Trinajstić information content (AvgIpc) is 2.86. The van der Waals surface area contributed by atoms with Gasteiger partial charge in [0.1, 0.15) is 6.10 Å². The molecule has 3 atom stereocenters. The first-order chi connectivity index (χ1) is 10.7. The summed E-state index contributed by atoms with van der Waals surface area (Å²) in [6, 6.07) is 0. The van der Waals surface area contributed by atoms with Gasteiger partial charge in [0.2, 0.25) is 0 Å². The van der Waals surface area contributed by atoms with Crippen molar-refractivity contribution >= 4 is 11.8 Å². The van der Waals surface area contributed by atoms with E-state index in [0.29, 0.717) is 12.8 Å².